The van der Waals surface area contributed by atoms with Crippen molar-refractivity contribution in [2.45, 2.75) is 5.75 Å². The van der Waals surface area contributed by atoms with Gasteiger partial charge in [-0.2, -0.15) is 4.31 Å². The highest BCUT2D eigenvalue weighted by Crippen LogP contribution is 2.21. The molecule has 0 radical (unpaired) electrons. The van der Waals surface area contributed by atoms with Crippen LogP contribution in [0.25, 0.3) is 0 Å². The van der Waals surface area contributed by atoms with Gasteiger partial charge in [-0.15, -0.1) is 0 Å². The van der Waals surface area contributed by atoms with Crippen LogP contribution in [0.15, 0.2) is 42.6 Å². The standard InChI is InChI=1S/C17H17Cl2N3O3S/c18-15-10-14(11-20-16(15)19)17(23)21-6-8-22(9-7-21)26(24,25)12-13-4-2-1-3-5-13/h1-5,10-11H,6-9,12H2. The summed E-state index contributed by atoms with van der Waals surface area (Å²) >= 11 is 11.7. The molecule has 26 heavy (non-hydrogen) atoms. The molecule has 0 N–H and O–H groups in total. The molecule has 138 valence electrons. The molecule has 1 aliphatic heterocycles. The highest BCUT2D eigenvalue weighted by Gasteiger charge is 2.29. The number of hydrogen-bond acceptors (Lipinski definition) is 4. The molecular weight excluding hydrogens is 397 g/mol. The summed E-state index contributed by atoms with van der Waals surface area (Å²) in [5.74, 6) is -0.283. The van der Waals surface area contributed by atoms with E-state index in [4.69, 9.17) is 23.2 Å². The minimum Gasteiger partial charge on any atom is -0.336 e. The molecule has 0 unspecified atom stereocenters. The van der Waals surface area contributed by atoms with Crippen molar-refractivity contribution in [3.05, 3.63) is 63.9 Å². The Kier molecular flexibility index (Phi) is 5.82. The molecule has 2 heterocycles. The van der Waals surface area contributed by atoms with E-state index in [2.05, 4.69) is 4.98 Å². The first kappa shape index (κ1) is 19.1. The third-order valence-electron chi connectivity index (χ3n) is 4.15. The first-order valence-corrected chi connectivity index (χ1v) is 10.4. The number of nitrogens with zero attached hydrogens (tertiary/aromatic N) is 3. The van der Waals surface area contributed by atoms with Gasteiger partial charge in [0.05, 0.1) is 16.3 Å². The van der Waals surface area contributed by atoms with E-state index in [0.717, 1.165) is 5.56 Å². The summed E-state index contributed by atoms with van der Waals surface area (Å²) in [6.45, 7) is 1.14. The van der Waals surface area contributed by atoms with E-state index >= 15 is 0 Å². The Balaban J connectivity index is 1.63. The van der Waals surface area contributed by atoms with E-state index in [1.54, 1.807) is 17.0 Å². The molecule has 0 atom stereocenters. The Bertz CT molecular complexity index is 899. The largest absolute Gasteiger partial charge is 0.336 e. The van der Waals surface area contributed by atoms with Crippen molar-refractivity contribution in [3.8, 4) is 0 Å². The van der Waals surface area contributed by atoms with E-state index in [1.165, 1.54) is 16.6 Å². The van der Waals surface area contributed by atoms with Gasteiger partial charge in [0, 0.05) is 32.4 Å². The minimum absolute atomic E-state index is 0.0432. The number of piperazine rings is 1. The number of benzene rings is 1. The lowest BCUT2D eigenvalue weighted by atomic mass is 10.2. The first-order valence-electron chi connectivity index (χ1n) is 7.99. The van der Waals surface area contributed by atoms with Crippen molar-refractivity contribution in [2.75, 3.05) is 26.2 Å². The zero-order valence-electron chi connectivity index (χ0n) is 13.8. The second-order valence-corrected chi connectivity index (χ2v) is 8.66. The zero-order valence-corrected chi connectivity index (χ0v) is 16.1. The second-order valence-electron chi connectivity index (χ2n) is 5.93. The van der Waals surface area contributed by atoms with Gasteiger partial charge in [-0.3, -0.25) is 4.79 Å². The Labute approximate surface area is 162 Å². The van der Waals surface area contributed by atoms with E-state index < -0.39 is 10.0 Å². The fourth-order valence-electron chi connectivity index (χ4n) is 2.77. The number of carbonyl (C=O) groups excluding carboxylic acids is 1. The molecule has 1 fully saturated rings. The lowest BCUT2D eigenvalue weighted by Crippen LogP contribution is -2.50. The monoisotopic (exact) mass is 413 g/mol. The summed E-state index contributed by atoms with van der Waals surface area (Å²) in [6.07, 6.45) is 1.37. The third-order valence-corrected chi connectivity index (χ3v) is 6.69. The predicted molar refractivity (Wildman–Crippen MR) is 101 cm³/mol. The van der Waals surface area contributed by atoms with Gasteiger partial charge < -0.3 is 4.90 Å². The smallest absolute Gasteiger partial charge is 0.255 e. The maximum Gasteiger partial charge on any atom is 0.255 e. The van der Waals surface area contributed by atoms with E-state index in [0.29, 0.717) is 18.7 Å². The predicted octanol–water partition coefficient (Wildman–Crippen LogP) is 2.68. The molecule has 9 heteroatoms. The van der Waals surface area contributed by atoms with Gasteiger partial charge in [-0.05, 0) is 11.6 Å². The van der Waals surface area contributed by atoms with Crippen molar-refractivity contribution in [1.82, 2.24) is 14.2 Å². The maximum atomic E-state index is 12.6. The molecule has 1 amide bonds. The van der Waals surface area contributed by atoms with Crippen LogP contribution in [0.1, 0.15) is 15.9 Å². The molecule has 1 aromatic heterocycles. The Morgan fingerprint density at radius 3 is 2.35 bits per heavy atom. The Hall–Kier alpha value is -1.67. The van der Waals surface area contributed by atoms with Crippen molar-refractivity contribution in [1.29, 1.82) is 0 Å². The van der Waals surface area contributed by atoms with Crippen LogP contribution >= 0.6 is 23.2 Å². The number of halogens is 2. The van der Waals surface area contributed by atoms with Crippen LogP contribution in [-0.4, -0.2) is 54.7 Å². The number of amides is 1. The molecule has 3 rings (SSSR count). The van der Waals surface area contributed by atoms with E-state index in [-0.39, 0.29) is 34.9 Å². The van der Waals surface area contributed by atoms with Gasteiger partial charge in [0.2, 0.25) is 10.0 Å². The van der Waals surface area contributed by atoms with Gasteiger partial charge in [0.15, 0.2) is 0 Å². The molecule has 1 aromatic carbocycles. The van der Waals surface area contributed by atoms with Crippen LogP contribution in [-0.2, 0) is 15.8 Å². The van der Waals surface area contributed by atoms with Crippen LogP contribution in [0.2, 0.25) is 10.2 Å². The summed E-state index contributed by atoms with van der Waals surface area (Å²) < 4.78 is 26.6. The van der Waals surface area contributed by atoms with Gasteiger partial charge in [0.1, 0.15) is 5.15 Å². The van der Waals surface area contributed by atoms with Crippen LogP contribution < -0.4 is 0 Å². The van der Waals surface area contributed by atoms with Crippen molar-refractivity contribution < 1.29 is 13.2 Å². The third kappa shape index (κ3) is 4.35. The van der Waals surface area contributed by atoms with Gasteiger partial charge in [-0.1, -0.05) is 53.5 Å². The molecule has 0 bridgehead atoms. The Morgan fingerprint density at radius 1 is 1.08 bits per heavy atom. The normalized spacial score (nSPS) is 15.8. The second kappa shape index (κ2) is 7.92. The van der Waals surface area contributed by atoms with Crippen LogP contribution in [0, 0.1) is 0 Å². The molecule has 0 aliphatic carbocycles. The molecular formula is C17H17Cl2N3O3S. The van der Waals surface area contributed by atoms with Crippen LogP contribution in [0.3, 0.4) is 0 Å². The lowest BCUT2D eigenvalue weighted by Gasteiger charge is -2.34. The van der Waals surface area contributed by atoms with Crippen molar-refractivity contribution >= 4 is 39.1 Å². The molecule has 2 aromatic rings. The Morgan fingerprint density at radius 2 is 1.73 bits per heavy atom. The quantitative estimate of drug-likeness (QED) is 0.722. The average Bonchev–Trinajstić information content (AvgIpc) is 2.64. The summed E-state index contributed by atoms with van der Waals surface area (Å²) in [5, 5.41) is 0.349. The molecule has 0 spiro atoms. The minimum atomic E-state index is -3.42. The zero-order chi connectivity index (χ0) is 18.7. The number of aromatic nitrogens is 1. The number of carbonyl (C=O) groups is 1. The summed E-state index contributed by atoms with van der Waals surface area (Å²) in [6, 6.07) is 10.5. The summed E-state index contributed by atoms with van der Waals surface area (Å²) in [7, 11) is -3.42. The topological polar surface area (TPSA) is 70.6 Å². The molecule has 0 saturated carbocycles. The lowest BCUT2D eigenvalue weighted by molar-refractivity contribution is 0.0697. The van der Waals surface area contributed by atoms with Gasteiger partial charge >= 0.3 is 0 Å². The summed E-state index contributed by atoms with van der Waals surface area (Å²) in [4.78, 5) is 18.0. The van der Waals surface area contributed by atoms with Crippen LogP contribution in [0.4, 0.5) is 0 Å². The summed E-state index contributed by atoms with van der Waals surface area (Å²) in [5.41, 5.74) is 1.08. The van der Waals surface area contributed by atoms with Crippen molar-refractivity contribution in [2.24, 2.45) is 0 Å². The van der Waals surface area contributed by atoms with Gasteiger partial charge in [0.25, 0.3) is 5.91 Å². The molecule has 6 nitrogen and oxygen atoms in total. The molecule has 1 saturated heterocycles. The molecule has 1 aliphatic rings. The number of sulfonamides is 1. The average molecular weight is 414 g/mol. The maximum absolute atomic E-state index is 12.6. The fraction of sp³-hybridized carbons (Fsp3) is 0.294. The highest BCUT2D eigenvalue weighted by molar-refractivity contribution is 7.88. The van der Waals surface area contributed by atoms with Crippen molar-refractivity contribution in [3.63, 3.8) is 0 Å². The SMILES string of the molecule is O=C(c1cnc(Cl)c(Cl)c1)N1CCN(S(=O)(=O)Cc2ccccc2)CC1. The number of rotatable bonds is 4. The van der Waals surface area contributed by atoms with Crippen LogP contribution in [0.5, 0.6) is 0 Å². The fourth-order valence-corrected chi connectivity index (χ4v) is 4.55. The van der Waals surface area contributed by atoms with E-state index in [1.807, 2.05) is 18.2 Å². The van der Waals surface area contributed by atoms with E-state index in [9.17, 15) is 13.2 Å². The number of hydrogen-bond donors (Lipinski definition) is 0. The number of pyridine rings is 1. The highest BCUT2D eigenvalue weighted by atomic mass is 35.5. The van der Waals surface area contributed by atoms with Gasteiger partial charge in [-0.25, -0.2) is 13.4 Å². The first-order chi connectivity index (χ1) is 12.4.